The second kappa shape index (κ2) is 4.49. The predicted molar refractivity (Wildman–Crippen MR) is 68.2 cm³/mol. The molecule has 2 N–H and O–H groups in total. The van der Waals surface area contributed by atoms with Crippen molar-refractivity contribution in [2.75, 3.05) is 6.54 Å². The van der Waals surface area contributed by atoms with Gasteiger partial charge in [-0.25, -0.2) is 0 Å². The van der Waals surface area contributed by atoms with Crippen LogP contribution in [0.5, 0.6) is 0 Å². The summed E-state index contributed by atoms with van der Waals surface area (Å²) in [5.74, 6) is 0.480. The first-order valence-electron chi connectivity index (χ1n) is 6.10. The lowest BCUT2D eigenvalue weighted by atomic mass is 9.88. The van der Waals surface area contributed by atoms with Crippen LogP contribution in [0.2, 0.25) is 0 Å². The maximum atomic E-state index is 12.0. The van der Waals surface area contributed by atoms with Crippen LogP contribution in [0.1, 0.15) is 25.8 Å². The molecule has 1 heterocycles. The summed E-state index contributed by atoms with van der Waals surface area (Å²) in [4.78, 5) is 14.0. The van der Waals surface area contributed by atoms with E-state index in [0.717, 1.165) is 0 Å². The number of carbonyl (C=O) groups is 1. The van der Waals surface area contributed by atoms with E-state index in [1.165, 1.54) is 5.56 Å². The lowest BCUT2D eigenvalue weighted by molar-refractivity contribution is -0.131. The van der Waals surface area contributed by atoms with E-state index in [1.807, 2.05) is 23.1 Å². The Kier molecular flexibility index (Phi) is 3.20. The van der Waals surface area contributed by atoms with Crippen LogP contribution < -0.4 is 5.73 Å². The van der Waals surface area contributed by atoms with Gasteiger partial charge in [-0.05, 0) is 26.0 Å². The molecule has 0 bridgehead atoms. The zero-order valence-electron chi connectivity index (χ0n) is 10.5. The summed E-state index contributed by atoms with van der Waals surface area (Å²) < 4.78 is 0. The molecule has 3 heteroatoms. The number of nitrogens with zero attached hydrogens (tertiary/aromatic N) is 1. The minimum atomic E-state index is -0.137. The molecule has 92 valence electrons. The van der Waals surface area contributed by atoms with Gasteiger partial charge in [-0.2, -0.15) is 0 Å². The minimum Gasteiger partial charge on any atom is -0.333 e. The van der Waals surface area contributed by atoms with E-state index >= 15 is 0 Å². The first-order chi connectivity index (χ1) is 8.05. The highest BCUT2D eigenvalue weighted by Gasteiger charge is 2.44. The summed E-state index contributed by atoms with van der Waals surface area (Å²) in [6.45, 7) is 5.48. The van der Waals surface area contributed by atoms with Gasteiger partial charge in [-0.1, -0.05) is 30.3 Å². The van der Waals surface area contributed by atoms with E-state index in [1.54, 1.807) is 0 Å². The second-order valence-electron chi connectivity index (χ2n) is 5.26. The van der Waals surface area contributed by atoms with Crippen LogP contribution in [0.25, 0.3) is 0 Å². The minimum absolute atomic E-state index is 0.137. The second-order valence-corrected chi connectivity index (χ2v) is 5.26. The number of hydrogen-bond acceptors (Lipinski definition) is 2. The molecular weight excluding hydrogens is 212 g/mol. The van der Waals surface area contributed by atoms with Crippen LogP contribution in [0.15, 0.2) is 30.3 Å². The third-order valence-electron chi connectivity index (χ3n) is 3.88. The zero-order valence-corrected chi connectivity index (χ0v) is 10.5. The largest absolute Gasteiger partial charge is 0.333 e. The number of hydrogen-bond donors (Lipinski definition) is 1. The smallest absolute Gasteiger partial charge is 0.223 e. The van der Waals surface area contributed by atoms with Gasteiger partial charge in [0.15, 0.2) is 0 Å². The number of rotatable bonds is 3. The van der Waals surface area contributed by atoms with Gasteiger partial charge in [0, 0.05) is 24.4 Å². The van der Waals surface area contributed by atoms with Crippen LogP contribution >= 0.6 is 0 Å². The van der Waals surface area contributed by atoms with E-state index in [4.69, 9.17) is 5.73 Å². The Morgan fingerprint density at radius 2 is 2.00 bits per heavy atom. The van der Waals surface area contributed by atoms with Crippen LogP contribution in [0, 0.1) is 5.92 Å². The van der Waals surface area contributed by atoms with Crippen LogP contribution in [0.4, 0.5) is 0 Å². The van der Waals surface area contributed by atoms with Crippen molar-refractivity contribution in [3.63, 3.8) is 0 Å². The molecule has 1 amide bonds. The summed E-state index contributed by atoms with van der Waals surface area (Å²) in [6, 6.07) is 10.1. The van der Waals surface area contributed by atoms with Gasteiger partial charge in [0.2, 0.25) is 5.91 Å². The number of nitrogens with two attached hydrogens (primary N) is 1. The lowest BCUT2D eigenvalue weighted by Gasteiger charge is -2.35. The van der Waals surface area contributed by atoms with Crippen LogP contribution in [-0.2, 0) is 11.3 Å². The number of likely N-dealkylation sites (tertiary alicyclic amines) is 1. The monoisotopic (exact) mass is 232 g/mol. The van der Waals surface area contributed by atoms with Crippen LogP contribution in [0.3, 0.4) is 0 Å². The average Bonchev–Trinajstić information content (AvgIpc) is 2.53. The van der Waals surface area contributed by atoms with Gasteiger partial charge in [0.1, 0.15) is 0 Å². The summed E-state index contributed by atoms with van der Waals surface area (Å²) in [7, 11) is 0. The number of amides is 1. The summed E-state index contributed by atoms with van der Waals surface area (Å²) in [5.41, 5.74) is 6.78. The normalized spacial score (nSPS) is 23.1. The van der Waals surface area contributed by atoms with E-state index in [9.17, 15) is 4.79 Å². The van der Waals surface area contributed by atoms with E-state index in [0.29, 0.717) is 19.5 Å². The number of benzene rings is 1. The fourth-order valence-corrected chi connectivity index (χ4v) is 2.54. The van der Waals surface area contributed by atoms with Crippen molar-refractivity contribution in [3.8, 4) is 0 Å². The predicted octanol–water partition coefficient (Wildman–Crippen LogP) is 1.77. The standard InChI is InChI=1S/C14H20N2O/c1-14(2)12(9-15)8-13(17)16(14)10-11-6-4-3-5-7-11/h3-7,12H,8-10,15H2,1-2H3. The van der Waals surface area contributed by atoms with Crippen molar-refractivity contribution in [2.24, 2.45) is 11.7 Å². The Labute approximate surface area is 103 Å². The fourth-order valence-electron chi connectivity index (χ4n) is 2.54. The summed E-state index contributed by atoms with van der Waals surface area (Å²) >= 11 is 0. The quantitative estimate of drug-likeness (QED) is 0.863. The molecule has 0 radical (unpaired) electrons. The lowest BCUT2D eigenvalue weighted by Crippen LogP contribution is -2.45. The van der Waals surface area contributed by atoms with Gasteiger partial charge in [0.25, 0.3) is 0 Å². The summed E-state index contributed by atoms with van der Waals surface area (Å²) in [5, 5.41) is 0. The topological polar surface area (TPSA) is 46.3 Å². The summed E-state index contributed by atoms with van der Waals surface area (Å²) in [6.07, 6.45) is 0.580. The Bertz CT molecular complexity index is 400. The number of carbonyl (C=O) groups excluding carboxylic acids is 1. The van der Waals surface area contributed by atoms with Gasteiger partial charge in [-0.3, -0.25) is 4.79 Å². The highest BCUT2D eigenvalue weighted by molar-refractivity contribution is 5.80. The molecule has 2 rings (SSSR count). The van der Waals surface area contributed by atoms with Gasteiger partial charge >= 0.3 is 0 Å². The molecule has 1 aromatic rings. The van der Waals surface area contributed by atoms with E-state index in [-0.39, 0.29) is 17.4 Å². The van der Waals surface area contributed by atoms with E-state index in [2.05, 4.69) is 26.0 Å². The maximum Gasteiger partial charge on any atom is 0.223 e. The molecule has 0 spiro atoms. The van der Waals surface area contributed by atoms with Crippen molar-refractivity contribution in [1.82, 2.24) is 4.90 Å². The Morgan fingerprint density at radius 1 is 1.35 bits per heavy atom. The van der Waals surface area contributed by atoms with Crippen molar-refractivity contribution in [1.29, 1.82) is 0 Å². The van der Waals surface area contributed by atoms with Gasteiger partial charge in [-0.15, -0.1) is 0 Å². The molecule has 1 aromatic carbocycles. The highest BCUT2D eigenvalue weighted by atomic mass is 16.2. The molecule has 1 aliphatic heterocycles. The van der Waals surface area contributed by atoms with E-state index < -0.39 is 0 Å². The Balaban J connectivity index is 2.18. The Hall–Kier alpha value is -1.35. The van der Waals surface area contributed by atoms with Crippen molar-refractivity contribution >= 4 is 5.91 Å². The maximum absolute atomic E-state index is 12.0. The first-order valence-corrected chi connectivity index (χ1v) is 6.10. The Morgan fingerprint density at radius 3 is 2.53 bits per heavy atom. The average molecular weight is 232 g/mol. The van der Waals surface area contributed by atoms with Gasteiger partial charge < -0.3 is 10.6 Å². The molecule has 1 saturated heterocycles. The SMILES string of the molecule is CC1(C)C(CN)CC(=O)N1Cc1ccccc1. The third-order valence-corrected chi connectivity index (χ3v) is 3.88. The fraction of sp³-hybridized carbons (Fsp3) is 0.500. The molecule has 0 saturated carbocycles. The highest BCUT2D eigenvalue weighted by Crippen LogP contribution is 2.35. The van der Waals surface area contributed by atoms with Crippen molar-refractivity contribution in [2.45, 2.75) is 32.4 Å². The molecule has 1 aliphatic rings. The van der Waals surface area contributed by atoms with Crippen molar-refractivity contribution < 1.29 is 4.79 Å². The zero-order chi connectivity index (χ0) is 12.5. The molecular formula is C14H20N2O. The molecule has 1 atom stereocenters. The van der Waals surface area contributed by atoms with Gasteiger partial charge in [0.05, 0.1) is 0 Å². The molecule has 0 aromatic heterocycles. The third kappa shape index (κ3) is 2.20. The molecule has 17 heavy (non-hydrogen) atoms. The molecule has 0 aliphatic carbocycles. The van der Waals surface area contributed by atoms with Crippen molar-refractivity contribution in [3.05, 3.63) is 35.9 Å². The molecule has 3 nitrogen and oxygen atoms in total. The first kappa shape index (κ1) is 12.1. The molecule has 1 fully saturated rings. The van der Waals surface area contributed by atoms with Crippen LogP contribution in [-0.4, -0.2) is 22.9 Å². The molecule has 1 unspecified atom stereocenters.